The zero-order valence-electron chi connectivity index (χ0n) is 21.0. The van der Waals surface area contributed by atoms with E-state index in [0.717, 1.165) is 52.7 Å². The number of carbonyl (C=O) groups excluding carboxylic acids is 2. The van der Waals surface area contributed by atoms with Crippen molar-refractivity contribution >= 4 is 22.8 Å². The van der Waals surface area contributed by atoms with Crippen molar-refractivity contribution in [3.8, 4) is 5.75 Å². The van der Waals surface area contributed by atoms with Crippen LogP contribution >= 0.6 is 0 Å². The molecule has 0 unspecified atom stereocenters. The summed E-state index contributed by atoms with van der Waals surface area (Å²) < 4.78 is 12.9. The van der Waals surface area contributed by atoms with Gasteiger partial charge in [0.1, 0.15) is 12.4 Å². The zero-order chi connectivity index (χ0) is 25.3. The third kappa shape index (κ3) is 6.22. The second-order valence-corrected chi connectivity index (χ2v) is 9.00. The van der Waals surface area contributed by atoms with Crippen molar-refractivity contribution in [2.45, 2.75) is 52.6 Å². The molecule has 0 saturated carbocycles. The van der Waals surface area contributed by atoms with Crippen LogP contribution in [0.25, 0.3) is 10.9 Å². The fourth-order valence-corrected chi connectivity index (χ4v) is 4.30. The maximum atomic E-state index is 13.4. The first-order chi connectivity index (χ1) is 17.6. The number of unbranched alkanes of at least 4 members (excludes halogenated alkanes) is 1. The van der Waals surface area contributed by atoms with E-state index in [9.17, 15) is 9.59 Å². The average Bonchev–Trinajstić information content (AvgIpc) is 3.25. The molecule has 0 aliphatic rings. The number of aryl methyl sites for hydroxylation is 2. The second-order valence-electron chi connectivity index (χ2n) is 9.00. The molecular formula is C31H33NO4. The molecule has 0 fully saturated rings. The van der Waals surface area contributed by atoms with E-state index >= 15 is 0 Å². The SMILES string of the molecule is CCCCOc1ccc(C(=O)n2c(C)cc3c(CCCC(=O)OCc4ccccc4)cccc32)cc1. The van der Waals surface area contributed by atoms with E-state index in [1.54, 1.807) is 4.57 Å². The molecule has 4 aromatic rings. The number of benzene rings is 3. The monoisotopic (exact) mass is 483 g/mol. The Morgan fingerprint density at radius 2 is 1.67 bits per heavy atom. The van der Waals surface area contributed by atoms with Crippen molar-refractivity contribution < 1.29 is 19.1 Å². The van der Waals surface area contributed by atoms with Crippen molar-refractivity contribution in [1.29, 1.82) is 0 Å². The molecule has 4 rings (SSSR count). The van der Waals surface area contributed by atoms with E-state index in [4.69, 9.17) is 9.47 Å². The molecule has 0 atom stereocenters. The number of ether oxygens (including phenoxy) is 2. The van der Waals surface area contributed by atoms with E-state index in [-0.39, 0.29) is 11.9 Å². The summed E-state index contributed by atoms with van der Waals surface area (Å²) in [6.45, 7) is 5.05. The molecule has 0 saturated heterocycles. The van der Waals surface area contributed by atoms with Gasteiger partial charge in [0.2, 0.25) is 0 Å². The molecule has 3 aromatic carbocycles. The highest BCUT2D eigenvalue weighted by atomic mass is 16.5. The highest BCUT2D eigenvalue weighted by Crippen LogP contribution is 2.26. The van der Waals surface area contributed by atoms with Crippen LogP contribution < -0.4 is 4.74 Å². The largest absolute Gasteiger partial charge is 0.494 e. The molecule has 0 radical (unpaired) electrons. The Labute approximate surface area is 212 Å². The predicted octanol–water partition coefficient (Wildman–Crippen LogP) is 6.88. The van der Waals surface area contributed by atoms with Crippen LogP contribution in [0, 0.1) is 6.92 Å². The molecule has 1 aromatic heterocycles. The average molecular weight is 484 g/mol. The highest BCUT2D eigenvalue weighted by Gasteiger charge is 2.17. The van der Waals surface area contributed by atoms with Gasteiger partial charge < -0.3 is 9.47 Å². The zero-order valence-corrected chi connectivity index (χ0v) is 21.0. The summed E-state index contributed by atoms with van der Waals surface area (Å²) in [5.74, 6) is 0.514. The van der Waals surface area contributed by atoms with Crippen LogP contribution in [-0.2, 0) is 22.6 Å². The highest BCUT2D eigenvalue weighted by molar-refractivity contribution is 6.03. The lowest BCUT2D eigenvalue weighted by atomic mass is 10.0. The van der Waals surface area contributed by atoms with Crippen LogP contribution in [-0.4, -0.2) is 23.1 Å². The van der Waals surface area contributed by atoms with Gasteiger partial charge in [-0.15, -0.1) is 0 Å². The van der Waals surface area contributed by atoms with Crippen molar-refractivity contribution in [3.63, 3.8) is 0 Å². The van der Waals surface area contributed by atoms with Gasteiger partial charge in [-0.1, -0.05) is 55.8 Å². The van der Waals surface area contributed by atoms with E-state index in [2.05, 4.69) is 19.1 Å². The first-order valence-electron chi connectivity index (χ1n) is 12.6. The lowest BCUT2D eigenvalue weighted by molar-refractivity contribution is -0.145. The van der Waals surface area contributed by atoms with Gasteiger partial charge in [-0.2, -0.15) is 0 Å². The number of carbonyl (C=O) groups is 2. The van der Waals surface area contributed by atoms with Gasteiger partial charge in [-0.05, 0) is 73.7 Å². The quantitative estimate of drug-likeness (QED) is 0.172. The minimum atomic E-state index is -0.197. The van der Waals surface area contributed by atoms with Gasteiger partial charge in [0, 0.05) is 23.1 Å². The van der Waals surface area contributed by atoms with Crippen LogP contribution in [0.5, 0.6) is 5.75 Å². The predicted molar refractivity (Wildman–Crippen MR) is 142 cm³/mol. The maximum Gasteiger partial charge on any atom is 0.306 e. The van der Waals surface area contributed by atoms with Crippen LogP contribution in [0.4, 0.5) is 0 Å². The van der Waals surface area contributed by atoms with E-state index in [1.807, 2.05) is 73.7 Å². The molecule has 0 N–H and O–H groups in total. The van der Waals surface area contributed by atoms with Gasteiger partial charge in [0.25, 0.3) is 5.91 Å². The van der Waals surface area contributed by atoms with Gasteiger partial charge in [0.05, 0.1) is 12.1 Å². The minimum Gasteiger partial charge on any atom is -0.494 e. The van der Waals surface area contributed by atoms with Gasteiger partial charge in [-0.3, -0.25) is 14.2 Å². The molecule has 0 spiro atoms. The molecule has 0 aliphatic carbocycles. The number of rotatable bonds is 11. The molecule has 36 heavy (non-hydrogen) atoms. The number of nitrogens with zero attached hydrogens (tertiary/aromatic N) is 1. The molecule has 0 amide bonds. The summed E-state index contributed by atoms with van der Waals surface area (Å²) in [6.07, 6.45) is 3.86. The second kappa shape index (κ2) is 12.2. The van der Waals surface area contributed by atoms with Crippen LogP contribution in [0.2, 0.25) is 0 Å². The molecule has 1 heterocycles. The third-order valence-corrected chi connectivity index (χ3v) is 6.26. The molecule has 5 nitrogen and oxygen atoms in total. The number of hydrogen-bond donors (Lipinski definition) is 0. The Bertz CT molecular complexity index is 1310. The van der Waals surface area contributed by atoms with E-state index in [0.29, 0.717) is 31.6 Å². The summed E-state index contributed by atoms with van der Waals surface area (Å²) in [5.41, 5.74) is 4.48. The smallest absolute Gasteiger partial charge is 0.306 e. The van der Waals surface area contributed by atoms with Gasteiger partial charge in [-0.25, -0.2) is 0 Å². The summed E-state index contributed by atoms with van der Waals surface area (Å²) in [7, 11) is 0. The van der Waals surface area contributed by atoms with Crippen molar-refractivity contribution in [3.05, 3.63) is 101 Å². The van der Waals surface area contributed by atoms with Gasteiger partial charge in [0.15, 0.2) is 0 Å². The number of esters is 1. The first kappa shape index (κ1) is 25.2. The van der Waals surface area contributed by atoms with E-state index in [1.165, 1.54) is 0 Å². The molecule has 186 valence electrons. The standard InChI is InChI=1S/C31H33NO4/c1-3-4-20-35-27-18-16-26(17-19-27)31(34)32-23(2)21-28-25(12-8-14-29(28)32)13-9-15-30(33)36-22-24-10-6-5-7-11-24/h5-8,10-12,14,16-19,21H,3-4,9,13,15,20,22H2,1-2H3. The molecular weight excluding hydrogens is 450 g/mol. The summed E-state index contributed by atoms with van der Waals surface area (Å²) in [5, 5.41) is 1.04. The number of fused-ring (bicyclic) bond motifs is 1. The fraction of sp³-hybridized carbons (Fsp3) is 0.290. The van der Waals surface area contributed by atoms with E-state index < -0.39 is 0 Å². The Morgan fingerprint density at radius 1 is 0.889 bits per heavy atom. The lowest BCUT2D eigenvalue weighted by Gasteiger charge is -2.10. The Morgan fingerprint density at radius 3 is 2.42 bits per heavy atom. The van der Waals surface area contributed by atoms with Crippen LogP contribution in [0.1, 0.15) is 59.8 Å². The first-order valence-corrected chi connectivity index (χ1v) is 12.6. The molecule has 5 heteroatoms. The summed E-state index contributed by atoms with van der Waals surface area (Å²) in [6, 6.07) is 25.1. The molecule has 0 bridgehead atoms. The number of aromatic nitrogens is 1. The normalized spacial score (nSPS) is 10.9. The topological polar surface area (TPSA) is 57.5 Å². The van der Waals surface area contributed by atoms with Crippen LogP contribution in [0.3, 0.4) is 0 Å². The molecule has 0 aliphatic heterocycles. The van der Waals surface area contributed by atoms with Crippen molar-refractivity contribution in [2.24, 2.45) is 0 Å². The summed E-state index contributed by atoms with van der Waals surface area (Å²) >= 11 is 0. The Balaban J connectivity index is 1.40. The third-order valence-electron chi connectivity index (χ3n) is 6.26. The van der Waals surface area contributed by atoms with Gasteiger partial charge >= 0.3 is 5.97 Å². The van der Waals surface area contributed by atoms with Crippen molar-refractivity contribution in [1.82, 2.24) is 4.57 Å². The van der Waals surface area contributed by atoms with Crippen LogP contribution in [0.15, 0.2) is 78.9 Å². The summed E-state index contributed by atoms with van der Waals surface area (Å²) in [4.78, 5) is 25.6. The minimum absolute atomic E-state index is 0.0655. The lowest BCUT2D eigenvalue weighted by Crippen LogP contribution is -2.13. The Hall–Kier alpha value is -3.86. The number of hydrogen-bond acceptors (Lipinski definition) is 4. The fourth-order valence-electron chi connectivity index (χ4n) is 4.30. The maximum absolute atomic E-state index is 13.4. The Kier molecular flexibility index (Phi) is 8.56. The van der Waals surface area contributed by atoms with Crippen molar-refractivity contribution in [2.75, 3.05) is 6.61 Å².